The first-order valence-electron chi connectivity index (χ1n) is 7.51. The first kappa shape index (κ1) is 17.3. The van der Waals surface area contributed by atoms with Gasteiger partial charge in [0.15, 0.2) is 0 Å². The van der Waals surface area contributed by atoms with Crippen molar-refractivity contribution < 1.29 is 9.53 Å². The monoisotopic (exact) mass is 333 g/mol. The van der Waals surface area contributed by atoms with Crippen LogP contribution in [0.3, 0.4) is 0 Å². The lowest BCUT2D eigenvalue weighted by Gasteiger charge is -2.22. The van der Waals surface area contributed by atoms with Crippen molar-refractivity contribution in [3.05, 3.63) is 35.3 Å². The predicted molar refractivity (Wildman–Crippen MR) is 94.9 cm³/mol. The van der Waals surface area contributed by atoms with E-state index in [4.69, 9.17) is 4.74 Å². The van der Waals surface area contributed by atoms with Gasteiger partial charge in [-0.2, -0.15) is 0 Å². The molecule has 0 fully saturated rings. The van der Waals surface area contributed by atoms with Crippen molar-refractivity contribution in [2.24, 2.45) is 0 Å². The molecule has 6 heteroatoms. The third-order valence-electron chi connectivity index (χ3n) is 3.21. The molecule has 2 rings (SSSR count). The van der Waals surface area contributed by atoms with Crippen molar-refractivity contribution in [2.45, 2.75) is 39.3 Å². The molecule has 0 spiro atoms. The largest absolute Gasteiger partial charge is 0.444 e. The van der Waals surface area contributed by atoms with Crippen LogP contribution in [0.25, 0.3) is 10.4 Å². The Morgan fingerprint density at radius 3 is 2.48 bits per heavy atom. The van der Waals surface area contributed by atoms with Gasteiger partial charge in [0.05, 0.1) is 16.4 Å². The Hall–Kier alpha value is -2.08. The van der Waals surface area contributed by atoms with Crippen molar-refractivity contribution in [1.82, 2.24) is 10.3 Å². The molecule has 0 aliphatic rings. The number of carbonyl (C=O) groups excluding carboxylic acids is 1. The van der Waals surface area contributed by atoms with E-state index in [1.165, 1.54) is 0 Å². The standard InChI is InChI=1S/C17H23N3O2S/c1-11(20-16(21)22-17(2,3)4)12-6-8-13(9-7-12)14-15(18-5)19-10-23-14/h6-11,18H,1-5H3,(H,20,21)/t11-/m0/s1. The van der Waals surface area contributed by atoms with Gasteiger partial charge < -0.3 is 15.4 Å². The predicted octanol–water partition coefficient (Wildman–Crippen LogP) is 4.44. The molecule has 2 N–H and O–H groups in total. The number of nitrogens with one attached hydrogen (secondary N) is 2. The van der Waals surface area contributed by atoms with Crippen LogP contribution < -0.4 is 10.6 Å². The van der Waals surface area contributed by atoms with Gasteiger partial charge in [-0.3, -0.25) is 0 Å². The lowest BCUT2D eigenvalue weighted by atomic mass is 10.1. The van der Waals surface area contributed by atoms with E-state index in [0.717, 1.165) is 21.8 Å². The molecule has 0 unspecified atom stereocenters. The normalized spacial score (nSPS) is 12.6. The van der Waals surface area contributed by atoms with Gasteiger partial charge in [0.1, 0.15) is 11.4 Å². The summed E-state index contributed by atoms with van der Waals surface area (Å²) in [6.45, 7) is 7.48. The number of alkyl carbamates (subject to hydrolysis) is 1. The van der Waals surface area contributed by atoms with E-state index in [9.17, 15) is 4.79 Å². The summed E-state index contributed by atoms with van der Waals surface area (Å²) in [5.41, 5.74) is 3.45. The minimum absolute atomic E-state index is 0.121. The number of anilines is 1. The molecule has 0 aliphatic carbocycles. The second kappa shape index (κ2) is 7.00. The summed E-state index contributed by atoms with van der Waals surface area (Å²) < 4.78 is 5.28. The minimum Gasteiger partial charge on any atom is -0.444 e. The number of ether oxygens (including phenoxy) is 1. The van der Waals surface area contributed by atoms with Crippen LogP contribution in [-0.2, 0) is 4.74 Å². The molecule has 1 heterocycles. The van der Waals surface area contributed by atoms with Crippen molar-refractivity contribution >= 4 is 23.2 Å². The molecule has 1 amide bonds. The van der Waals surface area contributed by atoms with Crippen LogP contribution in [-0.4, -0.2) is 23.7 Å². The number of thiazole rings is 1. The summed E-state index contributed by atoms with van der Waals surface area (Å²) in [6.07, 6.45) is -0.408. The highest BCUT2D eigenvalue weighted by molar-refractivity contribution is 7.13. The lowest BCUT2D eigenvalue weighted by Crippen LogP contribution is -2.34. The second-order valence-corrected chi connectivity index (χ2v) is 7.12. The number of hydrogen-bond donors (Lipinski definition) is 2. The number of hydrogen-bond acceptors (Lipinski definition) is 5. The van der Waals surface area contributed by atoms with Gasteiger partial charge in [-0.05, 0) is 38.8 Å². The summed E-state index contributed by atoms with van der Waals surface area (Å²) in [5.74, 6) is 0.877. The van der Waals surface area contributed by atoms with Crippen molar-refractivity contribution in [1.29, 1.82) is 0 Å². The quantitative estimate of drug-likeness (QED) is 0.868. The topological polar surface area (TPSA) is 63.2 Å². The first-order valence-corrected chi connectivity index (χ1v) is 8.39. The fourth-order valence-corrected chi connectivity index (χ4v) is 2.92. The molecule has 0 radical (unpaired) electrons. The summed E-state index contributed by atoms with van der Waals surface area (Å²) >= 11 is 1.60. The fraction of sp³-hybridized carbons (Fsp3) is 0.412. The summed E-state index contributed by atoms with van der Waals surface area (Å²) in [7, 11) is 1.86. The number of rotatable bonds is 4. The molecule has 1 atom stereocenters. The van der Waals surface area contributed by atoms with Gasteiger partial charge in [-0.25, -0.2) is 9.78 Å². The van der Waals surface area contributed by atoms with E-state index in [1.54, 1.807) is 11.3 Å². The number of benzene rings is 1. The van der Waals surface area contributed by atoms with Gasteiger partial charge in [0, 0.05) is 7.05 Å². The summed E-state index contributed by atoms with van der Waals surface area (Å²) in [4.78, 5) is 17.2. The number of aromatic nitrogens is 1. The highest BCUT2D eigenvalue weighted by atomic mass is 32.1. The van der Waals surface area contributed by atoms with E-state index >= 15 is 0 Å². The van der Waals surface area contributed by atoms with Crippen LogP contribution in [0.2, 0.25) is 0 Å². The van der Waals surface area contributed by atoms with Crippen LogP contribution >= 0.6 is 11.3 Å². The summed E-state index contributed by atoms with van der Waals surface area (Å²) in [5, 5.41) is 5.93. The van der Waals surface area contributed by atoms with Gasteiger partial charge in [0.25, 0.3) is 0 Å². The molecule has 2 aromatic rings. The Morgan fingerprint density at radius 2 is 1.91 bits per heavy atom. The molecule has 0 saturated heterocycles. The Bertz CT molecular complexity index is 659. The van der Waals surface area contributed by atoms with Crippen LogP contribution in [0, 0.1) is 0 Å². The lowest BCUT2D eigenvalue weighted by molar-refractivity contribution is 0.0508. The molecule has 1 aromatic heterocycles. The average molecular weight is 333 g/mol. The van der Waals surface area contributed by atoms with Gasteiger partial charge in [-0.15, -0.1) is 11.3 Å². The zero-order valence-corrected chi connectivity index (χ0v) is 15.0. The van der Waals surface area contributed by atoms with Gasteiger partial charge in [0.2, 0.25) is 0 Å². The highest BCUT2D eigenvalue weighted by Gasteiger charge is 2.18. The molecule has 23 heavy (non-hydrogen) atoms. The zero-order chi connectivity index (χ0) is 17.0. The first-order chi connectivity index (χ1) is 10.8. The molecule has 5 nitrogen and oxygen atoms in total. The Balaban J connectivity index is 2.06. The zero-order valence-electron chi connectivity index (χ0n) is 14.1. The molecule has 0 bridgehead atoms. The summed E-state index contributed by atoms with van der Waals surface area (Å²) in [6, 6.07) is 7.98. The molecule has 0 saturated carbocycles. The average Bonchev–Trinajstić information content (AvgIpc) is 2.93. The maximum Gasteiger partial charge on any atom is 0.408 e. The molecular weight excluding hydrogens is 310 g/mol. The molecule has 124 valence electrons. The minimum atomic E-state index is -0.497. The Kier molecular flexibility index (Phi) is 5.26. The Morgan fingerprint density at radius 1 is 1.26 bits per heavy atom. The van der Waals surface area contributed by atoms with E-state index in [2.05, 4.69) is 15.6 Å². The molecule has 0 aliphatic heterocycles. The van der Waals surface area contributed by atoms with E-state index in [0.29, 0.717) is 0 Å². The Labute approximate surface area is 141 Å². The third kappa shape index (κ3) is 4.69. The van der Waals surface area contributed by atoms with E-state index < -0.39 is 11.7 Å². The van der Waals surface area contributed by atoms with Gasteiger partial charge in [-0.1, -0.05) is 24.3 Å². The molecule has 1 aromatic carbocycles. The van der Waals surface area contributed by atoms with Crippen molar-refractivity contribution in [2.75, 3.05) is 12.4 Å². The number of amides is 1. The SMILES string of the molecule is CNc1ncsc1-c1ccc([C@H](C)NC(=O)OC(C)(C)C)cc1. The van der Waals surface area contributed by atoms with Crippen LogP contribution in [0.15, 0.2) is 29.8 Å². The number of carbonyl (C=O) groups is 1. The van der Waals surface area contributed by atoms with Crippen LogP contribution in [0.1, 0.15) is 39.3 Å². The fourth-order valence-electron chi connectivity index (χ4n) is 2.12. The number of nitrogens with zero attached hydrogens (tertiary/aromatic N) is 1. The van der Waals surface area contributed by atoms with Crippen molar-refractivity contribution in [3.8, 4) is 10.4 Å². The molecular formula is C17H23N3O2S. The maximum atomic E-state index is 11.8. The smallest absolute Gasteiger partial charge is 0.408 e. The second-order valence-electron chi connectivity index (χ2n) is 6.27. The van der Waals surface area contributed by atoms with Gasteiger partial charge >= 0.3 is 6.09 Å². The highest BCUT2D eigenvalue weighted by Crippen LogP contribution is 2.31. The van der Waals surface area contributed by atoms with Crippen LogP contribution in [0.4, 0.5) is 10.6 Å². The van der Waals surface area contributed by atoms with E-state index in [1.807, 2.05) is 64.5 Å². The van der Waals surface area contributed by atoms with Crippen molar-refractivity contribution in [3.63, 3.8) is 0 Å². The van der Waals surface area contributed by atoms with E-state index in [-0.39, 0.29) is 6.04 Å². The maximum absolute atomic E-state index is 11.8. The third-order valence-corrected chi connectivity index (χ3v) is 4.09. The van der Waals surface area contributed by atoms with Crippen LogP contribution in [0.5, 0.6) is 0 Å².